The third-order valence-corrected chi connectivity index (χ3v) is 3.90. The Labute approximate surface area is 167 Å². The monoisotopic (exact) mass is 389 g/mol. The summed E-state index contributed by atoms with van der Waals surface area (Å²) in [5, 5.41) is 14.6. The highest BCUT2D eigenvalue weighted by molar-refractivity contribution is 5.74. The van der Waals surface area contributed by atoms with Crippen molar-refractivity contribution in [3.63, 3.8) is 0 Å². The van der Waals surface area contributed by atoms with Gasteiger partial charge in [0.2, 0.25) is 0 Å². The molecule has 0 aliphatic carbocycles. The SMILES string of the molecule is CNc1ccc(-c2ccc(OC)cc2)nn1.O=Cc1cc(-c2cccnc2)on1. The van der Waals surface area contributed by atoms with Gasteiger partial charge in [-0.05, 0) is 48.5 Å². The summed E-state index contributed by atoms with van der Waals surface area (Å²) in [7, 11) is 3.47. The minimum atomic E-state index is 0.291. The van der Waals surface area contributed by atoms with Crippen molar-refractivity contribution in [2.24, 2.45) is 0 Å². The summed E-state index contributed by atoms with van der Waals surface area (Å²) in [5.41, 5.74) is 2.97. The Morgan fingerprint density at radius 1 is 1.03 bits per heavy atom. The molecule has 0 amide bonds. The summed E-state index contributed by atoms with van der Waals surface area (Å²) in [4.78, 5) is 14.2. The highest BCUT2D eigenvalue weighted by atomic mass is 16.5. The zero-order valence-corrected chi connectivity index (χ0v) is 15.9. The van der Waals surface area contributed by atoms with E-state index in [4.69, 9.17) is 9.26 Å². The van der Waals surface area contributed by atoms with Gasteiger partial charge in [-0.25, -0.2) is 0 Å². The van der Waals surface area contributed by atoms with Gasteiger partial charge in [-0.15, -0.1) is 10.2 Å². The Morgan fingerprint density at radius 3 is 2.41 bits per heavy atom. The number of nitrogens with zero attached hydrogens (tertiary/aromatic N) is 4. The molecule has 0 saturated heterocycles. The summed E-state index contributed by atoms with van der Waals surface area (Å²) >= 11 is 0. The van der Waals surface area contributed by atoms with Crippen molar-refractivity contribution < 1.29 is 14.1 Å². The summed E-state index contributed by atoms with van der Waals surface area (Å²) in [5.74, 6) is 2.15. The first kappa shape index (κ1) is 19.7. The normalized spacial score (nSPS) is 9.86. The van der Waals surface area contributed by atoms with Crippen molar-refractivity contribution in [1.82, 2.24) is 20.3 Å². The van der Waals surface area contributed by atoms with Crippen LogP contribution in [0, 0.1) is 0 Å². The lowest BCUT2D eigenvalue weighted by Crippen LogP contribution is -1.95. The van der Waals surface area contributed by atoms with Gasteiger partial charge in [0.05, 0.1) is 12.8 Å². The number of carbonyl (C=O) groups excluding carboxylic acids is 1. The van der Waals surface area contributed by atoms with Crippen LogP contribution in [0.2, 0.25) is 0 Å². The zero-order valence-electron chi connectivity index (χ0n) is 15.9. The molecule has 3 aromatic heterocycles. The number of ether oxygens (including phenoxy) is 1. The van der Waals surface area contributed by atoms with Crippen LogP contribution in [-0.2, 0) is 0 Å². The quantitative estimate of drug-likeness (QED) is 0.515. The lowest BCUT2D eigenvalue weighted by atomic mass is 10.1. The maximum atomic E-state index is 10.3. The number of methoxy groups -OCH3 is 1. The van der Waals surface area contributed by atoms with E-state index >= 15 is 0 Å². The molecule has 0 unspecified atom stereocenters. The van der Waals surface area contributed by atoms with Gasteiger partial charge >= 0.3 is 0 Å². The molecular weight excluding hydrogens is 370 g/mol. The highest BCUT2D eigenvalue weighted by Crippen LogP contribution is 2.20. The minimum Gasteiger partial charge on any atom is -0.497 e. The van der Waals surface area contributed by atoms with Crippen LogP contribution in [0.4, 0.5) is 5.82 Å². The summed E-state index contributed by atoms with van der Waals surface area (Å²) in [6, 6.07) is 16.8. The molecule has 0 atom stereocenters. The molecule has 146 valence electrons. The topological polar surface area (TPSA) is 103 Å². The van der Waals surface area contributed by atoms with E-state index < -0.39 is 0 Å². The number of hydrogen-bond donors (Lipinski definition) is 1. The predicted molar refractivity (Wildman–Crippen MR) is 109 cm³/mol. The molecule has 1 aromatic carbocycles. The van der Waals surface area contributed by atoms with Crippen molar-refractivity contribution >= 4 is 12.1 Å². The highest BCUT2D eigenvalue weighted by Gasteiger charge is 2.04. The average molecular weight is 389 g/mol. The van der Waals surface area contributed by atoms with E-state index in [0.29, 0.717) is 17.7 Å². The van der Waals surface area contributed by atoms with Crippen LogP contribution in [0.3, 0.4) is 0 Å². The fraction of sp³-hybridized carbons (Fsp3) is 0.0952. The maximum absolute atomic E-state index is 10.3. The number of anilines is 1. The van der Waals surface area contributed by atoms with Crippen LogP contribution in [0.1, 0.15) is 10.5 Å². The van der Waals surface area contributed by atoms with Crippen molar-refractivity contribution in [3.05, 3.63) is 72.7 Å². The second-order valence-electron chi connectivity index (χ2n) is 5.76. The Kier molecular flexibility index (Phi) is 6.62. The largest absolute Gasteiger partial charge is 0.497 e. The first-order valence-electron chi connectivity index (χ1n) is 8.71. The Bertz CT molecular complexity index is 987. The first-order valence-corrected chi connectivity index (χ1v) is 8.71. The fourth-order valence-corrected chi connectivity index (χ4v) is 2.37. The summed E-state index contributed by atoms with van der Waals surface area (Å²) in [6.45, 7) is 0. The molecule has 8 heteroatoms. The van der Waals surface area contributed by atoms with Crippen molar-refractivity contribution in [1.29, 1.82) is 0 Å². The van der Waals surface area contributed by atoms with Crippen LogP contribution in [0.15, 0.2) is 71.5 Å². The number of aldehydes is 1. The molecule has 3 heterocycles. The number of benzene rings is 1. The molecule has 8 nitrogen and oxygen atoms in total. The van der Waals surface area contributed by atoms with Gasteiger partial charge in [0.1, 0.15) is 17.3 Å². The lowest BCUT2D eigenvalue weighted by molar-refractivity contribution is 0.111. The van der Waals surface area contributed by atoms with Gasteiger partial charge in [0.15, 0.2) is 12.0 Å². The van der Waals surface area contributed by atoms with Gasteiger partial charge in [-0.3, -0.25) is 9.78 Å². The third-order valence-electron chi connectivity index (χ3n) is 3.90. The van der Waals surface area contributed by atoms with E-state index in [1.54, 1.807) is 31.6 Å². The molecule has 0 bridgehead atoms. The molecular formula is C21H19N5O3. The van der Waals surface area contributed by atoms with E-state index in [-0.39, 0.29) is 0 Å². The van der Waals surface area contributed by atoms with Gasteiger partial charge in [-0.2, -0.15) is 0 Å². The Balaban J connectivity index is 0.000000169. The molecule has 0 aliphatic rings. The van der Waals surface area contributed by atoms with Crippen LogP contribution in [0.5, 0.6) is 5.75 Å². The fourth-order valence-electron chi connectivity index (χ4n) is 2.37. The zero-order chi connectivity index (χ0) is 20.5. The van der Waals surface area contributed by atoms with E-state index in [1.807, 2.05) is 49.5 Å². The number of nitrogens with one attached hydrogen (secondary N) is 1. The molecule has 29 heavy (non-hydrogen) atoms. The van der Waals surface area contributed by atoms with Crippen molar-refractivity contribution in [2.75, 3.05) is 19.5 Å². The molecule has 1 N–H and O–H groups in total. The smallest absolute Gasteiger partial charge is 0.171 e. The van der Waals surface area contributed by atoms with Gasteiger partial charge < -0.3 is 14.6 Å². The van der Waals surface area contributed by atoms with Crippen LogP contribution < -0.4 is 10.1 Å². The number of rotatable bonds is 5. The predicted octanol–water partition coefficient (Wildman–Crippen LogP) is 3.74. The summed E-state index contributed by atoms with van der Waals surface area (Å²) in [6.07, 6.45) is 3.96. The molecule has 0 fully saturated rings. The van der Waals surface area contributed by atoms with Gasteiger partial charge in [-0.1, -0.05) is 5.16 Å². The standard InChI is InChI=1S/C12H13N3O.C9H6N2O2/c1-13-12-8-7-11(14-15-12)9-3-5-10(16-2)6-4-9;12-6-8-4-9(13-11-8)7-2-1-3-10-5-7/h3-8H,1-2H3,(H,13,15);1-6H. The van der Waals surface area contributed by atoms with Crippen LogP contribution in [-0.4, -0.2) is 40.8 Å². The van der Waals surface area contributed by atoms with E-state index in [2.05, 4.69) is 25.7 Å². The molecule has 4 rings (SSSR count). The molecule has 4 aromatic rings. The average Bonchev–Trinajstić information content (AvgIpc) is 3.30. The van der Waals surface area contributed by atoms with E-state index in [1.165, 1.54) is 0 Å². The summed E-state index contributed by atoms with van der Waals surface area (Å²) < 4.78 is 10.0. The van der Waals surface area contributed by atoms with E-state index in [9.17, 15) is 4.79 Å². The third kappa shape index (κ3) is 5.23. The van der Waals surface area contributed by atoms with Crippen molar-refractivity contribution in [2.45, 2.75) is 0 Å². The first-order chi connectivity index (χ1) is 14.2. The molecule has 0 spiro atoms. The number of hydrogen-bond acceptors (Lipinski definition) is 8. The number of aromatic nitrogens is 4. The number of carbonyl (C=O) groups is 1. The lowest BCUT2D eigenvalue weighted by Gasteiger charge is -2.03. The second kappa shape index (κ2) is 9.75. The Morgan fingerprint density at radius 2 is 1.86 bits per heavy atom. The van der Waals surface area contributed by atoms with Gasteiger partial charge in [0.25, 0.3) is 0 Å². The van der Waals surface area contributed by atoms with Gasteiger partial charge in [0, 0.05) is 36.6 Å². The van der Waals surface area contributed by atoms with E-state index in [0.717, 1.165) is 28.4 Å². The van der Waals surface area contributed by atoms with Crippen LogP contribution >= 0.6 is 0 Å². The minimum absolute atomic E-state index is 0.291. The maximum Gasteiger partial charge on any atom is 0.171 e. The molecule has 0 aliphatic heterocycles. The second-order valence-corrected chi connectivity index (χ2v) is 5.76. The number of pyridine rings is 1. The van der Waals surface area contributed by atoms with Crippen LogP contribution in [0.25, 0.3) is 22.6 Å². The molecule has 0 radical (unpaired) electrons. The molecule has 0 saturated carbocycles. The van der Waals surface area contributed by atoms with Crippen molar-refractivity contribution in [3.8, 4) is 28.3 Å². The Hall–Kier alpha value is -4.07.